The van der Waals surface area contributed by atoms with Crippen LogP contribution in [0.5, 0.6) is 0 Å². The highest BCUT2D eigenvalue weighted by Gasteiger charge is 2.07. The topological polar surface area (TPSA) is 54.5 Å². The number of aromatic amines is 1. The predicted molar refractivity (Wildman–Crippen MR) is 88.1 cm³/mol. The van der Waals surface area contributed by atoms with Gasteiger partial charge < -0.3 is 4.98 Å². The van der Waals surface area contributed by atoms with Crippen molar-refractivity contribution >= 4 is 44.5 Å². The fourth-order valence-electron chi connectivity index (χ4n) is 2.32. The Labute approximate surface area is 129 Å². The maximum atomic E-state index is 4.56. The Morgan fingerprint density at radius 3 is 3.05 bits per heavy atom. The number of H-pyrrole nitrogens is 1. The molecule has 1 aromatic carbocycles. The largest absolute Gasteiger partial charge is 0.340 e. The van der Waals surface area contributed by atoms with Crippen molar-refractivity contribution in [2.24, 2.45) is 0 Å². The maximum Gasteiger partial charge on any atom is 0.177 e. The Morgan fingerprint density at radius 1 is 1.24 bits per heavy atom. The minimum Gasteiger partial charge on any atom is -0.340 e. The van der Waals surface area contributed by atoms with Crippen molar-refractivity contribution in [1.82, 2.24) is 19.9 Å². The van der Waals surface area contributed by atoms with Crippen molar-refractivity contribution in [3.8, 4) is 0 Å². The molecule has 1 N–H and O–H groups in total. The van der Waals surface area contributed by atoms with E-state index >= 15 is 0 Å². The first kappa shape index (κ1) is 12.8. The Morgan fingerprint density at radius 2 is 2.19 bits per heavy atom. The highest BCUT2D eigenvalue weighted by atomic mass is 32.2. The second-order valence-electron chi connectivity index (χ2n) is 4.72. The number of pyridine rings is 1. The Bertz CT molecular complexity index is 893. The van der Waals surface area contributed by atoms with E-state index in [0.29, 0.717) is 0 Å². The molecule has 4 nitrogen and oxygen atoms in total. The third kappa shape index (κ3) is 2.41. The van der Waals surface area contributed by atoms with E-state index in [0.717, 1.165) is 33.3 Å². The second-order valence-corrected chi connectivity index (χ2v) is 6.80. The molecule has 0 amide bonds. The van der Waals surface area contributed by atoms with E-state index in [1.165, 1.54) is 10.3 Å². The van der Waals surface area contributed by atoms with Crippen LogP contribution in [0.2, 0.25) is 0 Å². The van der Waals surface area contributed by atoms with Gasteiger partial charge in [-0.2, -0.15) is 0 Å². The molecule has 3 aromatic heterocycles. The van der Waals surface area contributed by atoms with E-state index in [4.69, 9.17) is 0 Å². The number of aromatic nitrogens is 4. The number of nitrogens with one attached hydrogen (secondary N) is 1. The van der Waals surface area contributed by atoms with Gasteiger partial charge in [-0.05, 0) is 36.1 Å². The highest BCUT2D eigenvalue weighted by Crippen LogP contribution is 2.29. The zero-order chi connectivity index (χ0) is 14.2. The molecule has 0 bridgehead atoms. The lowest BCUT2D eigenvalue weighted by Crippen LogP contribution is -1.90. The SMILES string of the molecule is CSc1nc2ccc(Cc3nc4ncccc4[nH]3)cc2s1. The molecule has 0 saturated carbocycles. The molecule has 0 unspecified atom stereocenters. The van der Waals surface area contributed by atoms with Gasteiger partial charge in [-0.15, -0.1) is 11.3 Å². The molecule has 0 saturated heterocycles. The molecule has 0 aliphatic rings. The van der Waals surface area contributed by atoms with Crippen molar-refractivity contribution < 1.29 is 0 Å². The van der Waals surface area contributed by atoms with Gasteiger partial charge in [0.15, 0.2) is 9.99 Å². The zero-order valence-electron chi connectivity index (χ0n) is 11.3. The fraction of sp³-hybridized carbons (Fsp3) is 0.133. The van der Waals surface area contributed by atoms with Gasteiger partial charge in [-0.25, -0.2) is 15.0 Å². The van der Waals surface area contributed by atoms with E-state index in [9.17, 15) is 0 Å². The number of hydrogen-bond acceptors (Lipinski definition) is 5. The average molecular weight is 312 g/mol. The van der Waals surface area contributed by atoms with Crippen LogP contribution < -0.4 is 0 Å². The van der Waals surface area contributed by atoms with Crippen LogP contribution in [0.3, 0.4) is 0 Å². The fourth-order valence-corrected chi connectivity index (χ4v) is 3.87. The number of rotatable bonds is 3. The van der Waals surface area contributed by atoms with Crippen LogP contribution in [-0.4, -0.2) is 26.2 Å². The average Bonchev–Trinajstić information content (AvgIpc) is 3.09. The molecule has 0 fully saturated rings. The minimum atomic E-state index is 0.774. The Kier molecular flexibility index (Phi) is 3.12. The predicted octanol–water partition coefficient (Wildman–Crippen LogP) is 3.88. The maximum absolute atomic E-state index is 4.56. The first-order chi connectivity index (χ1) is 10.3. The van der Waals surface area contributed by atoms with Crippen LogP contribution in [0, 0.1) is 0 Å². The Hall–Kier alpha value is -1.92. The molecule has 0 radical (unpaired) electrons. The number of benzene rings is 1. The van der Waals surface area contributed by atoms with Crippen molar-refractivity contribution in [1.29, 1.82) is 0 Å². The zero-order valence-corrected chi connectivity index (χ0v) is 13.0. The first-order valence-electron chi connectivity index (χ1n) is 6.55. The molecule has 0 atom stereocenters. The van der Waals surface area contributed by atoms with Crippen LogP contribution in [0.4, 0.5) is 0 Å². The van der Waals surface area contributed by atoms with Crippen molar-refractivity contribution in [3.63, 3.8) is 0 Å². The number of fused-ring (bicyclic) bond motifs is 2. The summed E-state index contributed by atoms with van der Waals surface area (Å²) in [5, 5.41) is 0. The van der Waals surface area contributed by atoms with Crippen LogP contribution in [0.1, 0.15) is 11.4 Å². The summed E-state index contributed by atoms with van der Waals surface area (Å²) < 4.78 is 2.33. The molecule has 6 heteroatoms. The highest BCUT2D eigenvalue weighted by molar-refractivity contribution is 8.00. The van der Waals surface area contributed by atoms with Crippen molar-refractivity contribution in [2.45, 2.75) is 10.8 Å². The van der Waals surface area contributed by atoms with Gasteiger partial charge in [0.25, 0.3) is 0 Å². The number of imidazole rings is 1. The lowest BCUT2D eigenvalue weighted by molar-refractivity contribution is 1.04. The monoisotopic (exact) mass is 312 g/mol. The van der Waals surface area contributed by atoms with Crippen LogP contribution in [-0.2, 0) is 6.42 Å². The van der Waals surface area contributed by atoms with Gasteiger partial charge in [0.2, 0.25) is 0 Å². The van der Waals surface area contributed by atoms with Crippen LogP contribution in [0.25, 0.3) is 21.4 Å². The number of hydrogen-bond donors (Lipinski definition) is 1. The Balaban J connectivity index is 1.69. The summed E-state index contributed by atoms with van der Waals surface area (Å²) in [5.41, 5.74) is 4.06. The van der Waals surface area contributed by atoms with Gasteiger partial charge in [0.05, 0.1) is 15.7 Å². The van der Waals surface area contributed by atoms with E-state index in [2.05, 4.69) is 44.4 Å². The molecule has 104 valence electrons. The minimum absolute atomic E-state index is 0.774. The summed E-state index contributed by atoms with van der Waals surface area (Å²) in [7, 11) is 0. The molecular formula is C15H12N4S2. The molecule has 0 aliphatic carbocycles. The quantitative estimate of drug-likeness (QED) is 0.583. The molecule has 0 spiro atoms. The molecular weight excluding hydrogens is 300 g/mol. The first-order valence-corrected chi connectivity index (χ1v) is 8.59. The summed E-state index contributed by atoms with van der Waals surface area (Å²) in [6.07, 6.45) is 4.60. The van der Waals surface area contributed by atoms with E-state index in [-0.39, 0.29) is 0 Å². The van der Waals surface area contributed by atoms with E-state index in [1.54, 1.807) is 29.3 Å². The molecule has 3 heterocycles. The smallest absolute Gasteiger partial charge is 0.177 e. The molecule has 4 rings (SSSR count). The van der Waals surface area contributed by atoms with Gasteiger partial charge in [0.1, 0.15) is 5.82 Å². The second kappa shape index (κ2) is 5.13. The third-order valence-electron chi connectivity index (χ3n) is 3.29. The lowest BCUT2D eigenvalue weighted by Gasteiger charge is -1.97. The van der Waals surface area contributed by atoms with Gasteiger partial charge in [-0.1, -0.05) is 17.8 Å². The van der Waals surface area contributed by atoms with Crippen LogP contribution in [0.15, 0.2) is 40.9 Å². The van der Waals surface area contributed by atoms with E-state index < -0.39 is 0 Å². The number of thiazole rings is 1. The van der Waals surface area contributed by atoms with Crippen molar-refractivity contribution in [2.75, 3.05) is 6.26 Å². The normalized spacial score (nSPS) is 11.5. The van der Waals surface area contributed by atoms with Crippen molar-refractivity contribution in [3.05, 3.63) is 47.9 Å². The third-order valence-corrected chi connectivity index (χ3v) is 5.29. The van der Waals surface area contributed by atoms with Crippen LogP contribution >= 0.6 is 23.1 Å². The van der Waals surface area contributed by atoms with Gasteiger partial charge >= 0.3 is 0 Å². The summed E-state index contributed by atoms with van der Waals surface area (Å²) in [4.78, 5) is 16.7. The van der Waals surface area contributed by atoms with E-state index in [1.807, 2.05) is 12.1 Å². The van der Waals surface area contributed by atoms with Gasteiger partial charge in [-0.3, -0.25) is 0 Å². The summed E-state index contributed by atoms with van der Waals surface area (Å²) in [5.74, 6) is 0.942. The lowest BCUT2D eigenvalue weighted by atomic mass is 10.1. The summed E-state index contributed by atoms with van der Waals surface area (Å²) >= 11 is 3.42. The standard InChI is InChI=1S/C15H12N4S2/c1-20-15-18-10-5-4-9(7-12(10)21-15)8-13-17-11-3-2-6-16-14(11)19-13/h2-7H,8H2,1H3,(H,16,17,19). The number of thioether (sulfide) groups is 1. The molecule has 0 aliphatic heterocycles. The summed E-state index contributed by atoms with van der Waals surface area (Å²) in [6.45, 7) is 0. The number of nitrogens with zero attached hydrogens (tertiary/aromatic N) is 3. The van der Waals surface area contributed by atoms with Gasteiger partial charge in [0, 0.05) is 12.6 Å². The molecule has 21 heavy (non-hydrogen) atoms. The summed E-state index contributed by atoms with van der Waals surface area (Å²) in [6, 6.07) is 10.3. The molecule has 4 aromatic rings.